The van der Waals surface area contributed by atoms with E-state index < -0.39 is 0 Å². The zero-order valence-corrected chi connectivity index (χ0v) is 16.9. The van der Waals surface area contributed by atoms with Crippen LogP contribution in [0.25, 0.3) is 0 Å². The van der Waals surface area contributed by atoms with Gasteiger partial charge in [-0.2, -0.15) is 0 Å². The van der Waals surface area contributed by atoms with Crippen LogP contribution in [0, 0.1) is 5.92 Å². The van der Waals surface area contributed by atoms with Gasteiger partial charge in [0.15, 0.2) is 0 Å². The second-order valence-electron chi connectivity index (χ2n) is 7.78. The van der Waals surface area contributed by atoms with Gasteiger partial charge < -0.3 is 19.1 Å². The molecule has 3 atom stereocenters. The van der Waals surface area contributed by atoms with E-state index in [9.17, 15) is 0 Å². The molecule has 0 aromatic rings. The monoisotopic (exact) mass is 356 g/mol. The summed E-state index contributed by atoms with van der Waals surface area (Å²) in [7, 11) is 0. The topological polar surface area (TPSA) is 34.2 Å². The third-order valence-electron chi connectivity index (χ3n) is 5.54. The Morgan fingerprint density at radius 3 is 2.76 bits per heavy atom. The Morgan fingerprint density at radius 2 is 2.00 bits per heavy atom. The molecule has 2 unspecified atom stereocenters. The zero-order chi connectivity index (χ0) is 18.1. The van der Waals surface area contributed by atoms with Crippen molar-refractivity contribution in [2.45, 2.75) is 65.2 Å². The van der Waals surface area contributed by atoms with Gasteiger partial charge in [0.05, 0.1) is 25.4 Å². The zero-order valence-electron chi connectivity index (χ0n) is 16.9. The minimum absolute atomic E-state index is 0.333. The first-order valence-electron chi connectivity index (χ1n) is 10.4. The van der Waals surface area contributed by atoms with Gasteiger partial charge in [0.1, 0.15) is 0 Å². The Kier molecular flexibility index (Phi) is 9.71. The predicted molar refractivity (Wildman–Crippen MR) is 102 cm³/mol. The Morgan fingerprint density at radius 1 is 1.16 bits per heavy atom. The van der Waals surface area contributed by atoms with E-state index in [1.54, 1.807) is 0 Å². The van der Waals surface area contributed by atoms with Crippen molar-refractivity contribution in [3.05, 3.63) is 0 Å². The van der Waals surface area contributed by atoms with Gasteiger partial charge >= 0.3 is 0 Å². The largest absolute Gasteiger partial charge is 0.380 e. The normalized spacial score (nSPS) is 29.4. The van der Waals surface area contributed by atoms with E-state index in [0.29, 0.717) is 24.2 Å². The molecule has 2 rings (SSSR count). The molecule has 2 aliphatic rings. The van der Waals surface area contributed by atoms with Gasteiger partial charge in [-0.1, -0.05) is 0 Å². The quantitative estimate of drug-likeness (QED) is 0.562. The fourth-order valence-corrected chi connectivity index (χ4v) is 4.19. The summed E-state index contributed by atoms with van der Waals surface area (Å²) in [6.07, 6.45) is 4.39. The van der Waals surface area contributed by atoms with Gasteiger partial charge in [-0.05, 0) is 59.4 Å². The first kappa shape index (κ1) is 21.1. The minimum atomic E-state index is 0.333. The lowest BCUT2D eigenvalue weighted by molar-refractivity contribution is -0.105. The van der Waals surface area contributed by atoms with E-state index in [4.69, 9.17) is 14.2 Å². The summed E-state index contributed by atoms with van der Waals surface area (Å²) in [5, 5.41) is 0. The number of piperidine rings is 1. The van der Waals surface area contributed by atoms with Crippen LogP contribution in [-0.2, 0) is 14.2 Å². The maximum atomic E-state index is 6.25. The Labute approximate surface area is 155 Å². The number of ether oxygens (including phenoxy) is 3. The molecule has 0 aromatic carbocycles. The molecule has 2 fully saturated rings. The number of hydrogen-bond acceptors (Lipinski definition) is 5. The Bertz CT molecular complexity index is 354. The van der Waals surface area contributed by atoms with Crippen molar-refractivity contribution in [2.75, 3.05) is 59.2 Å². The molecule has 0 amide bonds. The molecule has 0 spiro atoms. The van der Waals surface area contributed by atoms with E-state index >= 15 is 0 Å². The van der Waals surface area contributed by atoms with E-state index in [1.165, 1.54) is 19.4 Å². The summed E-state index contributed by atoms with van der Waals surface area (Å²) in [6, 6.07) is 0.504. The molecule has 148 valence electrons. The van der Waals surface area contributed by atoms with Crippen LogP contribution >= 0.6 is 0 Å². The van der Waals surface area contributed by atoms with E-state index in [1.807, 2.05) is 0 Å². The molecule has 2 aliphatic heterocycles. The highest BCUT2D eigenvalue weighted by molar-refractivity contribution is 4.89. The lowest BCUT2D eigenvalue weighted by Gasteiger charge is -2.45. The van der Waals surface area contributed by atoms with Crippen molar-refractivity contribution in [3.63, 3.8) is 0 Å². The third-order valence-corrected chi connectivity index (χ3v) is 5.54. The van der Waals surface area contributed by atoms with Crippen molar-refractivity contribution in [2.24, 2.45) is 5.92 Å². The van der Waals surface area contributed by atoms with Crippen LogP contribution in [0.5, 0.6) is 0 Å². The second-order valence-corrected chi connectivity index (χ2v) is 7.78. The number of nitrogens with zero attached hydrogens (tertiary/aromatic N) is 2. The van der Waals surface area contributed by atoms with Gasteiger partial charge in [-0.3, -0.25) is 4.90 Å². The molecule has 2 heterocycles. The Hall–Kier alpha value is -0.200. The summed E-state index contributed by atoms with van der Waals surface area (Å²) in [6.45, 7) is 17.6. The Balaban J connectivity index is 1.77. The summed E-state index contributed by atoms with van der Waals surface area (Å²) >= 11 is 0. The number of rotatable bonds is 10. The molecule has 0 N–H and O–H groups in total. The summed E-state index contributed by atoms with van der Waals surface area (Å²) in [5.74, 6) is 0.653. The lowest BCUT2D eigenvalue weighted by Crippen LogP contribution is -2.55. The van der Waals surface area contributed by atoms with E-state index in [2.05, 4.69) is 37.5 Å². The highest BCUT2D eigenvalue weighted by Crippen LogP contribution is 2.28. The molecule has 0 bridgehead atoms. The fraction of sp³-hybridized carbons (Fsp3) is 1.00. The van der Waals surface area contributed by atoms with Crippen LogP contribution < -0.4 is 0 Å². The average molecular weight is 357 g/mol. The van der Waals surface area contributed by atoms with Crippen LogP contribution in [0.4, 0.5) is 0 Å². The molecular weight excluding hydrogens is 316 g/mol. The maximum Gasteiger partial charge on any atom is 0.0768 e. The summed E-state index contributed by atoms with van der Waals surface area (Å²) in [4.78, 5) is 5.17. The SMILES string of the molecule is CCOCCN1CCCC(C2OCCN(CCCOC(C)C)[C@@H]2C)C1. The smallest absolute Gasteiger partial charge is 0.0768 e. The van der Waals surface area contributed by atoms with Crippen LogP contribution in [0.1, 0.15) is 47.0 Å². The van der Waals surface area contributed by atoms with E-state index in [0.717, 1.165) is 59.0 Å². The number of likely N-dealkylation sites (tertiary alicyclic amines) is 1. The number of morpholine rings is 1. The standard InChI is InChI=1S/C20H40N2O3/c1-5-23-14-11-21-9-6-8-19(16-21)20-18(4)22(12-15-25-20)10-7-13-24-17(2)3/h17-20H,5-16H2,1-4H3/t18-,19?,20?/m1/s1. The van der Waals surface area contributed by atoms with Crippen LogP contribution in [-0.4, -0.2) is 87.2 Å². The van der Waals surface area contributed by atoms with Gasteiger partial charge in [-0.25, -0.2) is 0 Å². The molecule has 5 nitrogen and oxygen atoms in total. The van der Waals surface area contributed by atoms with Crippen molar-refractivity contribution in [1.82, 2.24) is 9.80 Å². The number of hydrogen-bond donors (Lipinski definition) is 0. The molecule has 0 saturated carbocycles. The predicted octanol–water partition coefficient (Wildman–Crippen LogP) is 2.64. The maximum absolute atomic E-state index is 6.25. The van der Waals surface area contributed by atoms with Gasteiger partial charge in [0.25, 0.3) is 0 Å². The molecule has 25 heavy (non-hydrogen) atoms. The van der Waals surface area contributed by atoms with Gasteiger partial charge in [0, 0.05) is 45.4 Å². The molecule has 0 radical (unpaired) electrons. The van der Waals surface area contributed by atoms with Crippen molar-refractivity contribution in [3.8, 4) is 0 Å². The third kappa shape index (κ3) is 7.14. The second kappa shape index (κ2) is 11.5. The van der Waals surface area contributed by atoms with Crippen LogP contribution in [0.3, 0.4) is 0 Å². The summed E-state index contributed by atoms with van der Waals surface area (Å²) < 4.78 is 17.5. The van der Waals surface area contributed by atoms with Gasteiger partial charge in [0.2, 0.25) is 0 Å². The fourth-order valence-electron chi connectivity index (χ4n) is 4.19. The molecule has 5 heteroatoms. The van der Waals surface area contributed by atoms with E-state index in [-0.39, 0.29) is 0 Å². The molecular formula is C20H40N2O3. The summed E-state index contributed by atoms with van der Waals surface area (Å²) in [5.41, 5.74) is 0. The first-order valence-corrected chi connectivity index (χ1v) is 10.4. The lowest BCUT2D eigenvalue weighted by atomic mass is 9.87. The van der Waals surface area contributed by atoms with Crippen molar-refractivity contribution >= 4 is 0 Å². The highest BCUT2D eigenvalue weighted by Gasteiger charge is 2.36. The van der Waals surface area contributed by atoms with Gasteiger partial charge in [-0.15, -0.1) is 0 Å². The average Bonchev–Trinajstić information content (AvgIpc) is 2.60. The first-order chi connectivity index (χ1) is 12.1. The molecule has 0 aliphatic carbocycles. The minimum Gasteiger partial charge on any atom is -0.380 e. The van der Waals surface area contributed by atoms with Crippen LogP contribution in [0.15, 0.2) is 0 Å². The molecule has 2 saturated heterocycles. The van der Waals surface area contributed by atoms with Crippen molar-refractivity contribution < 1.29 is 14.2 Å². The van der Waals surface area contributed by atoms with Crippen molar-refractivity contribution in [1.29, 1.82) is 0 Å². The highest BCUT2D eigenvalue weighted by atomic mass is 16.5. The molecule has 0 aromatic heterocycles. The van der Waals surface area contributed by atoms with Crippen LogP contribution in [0.2, 0.25) is 0 Å².